The molecule has 2 heterocycles. The van der Waals surface area contributed by atoms with Gasteiger partial charge in [-0.15, -0.1) is 11.3 Å². The molecule has 34 heavy (non-hydrogen) atoms. The van der Waals surface area contributed by atoms with E-state index in [2.05, 4.69) is 17.4 Å². The van der Waals surface area contributed by atoms with E-state index in [4.69, 9.17) is 4.74 Å². The van der Waals surface area contributed by atoms with Crippen molar-refractivity contribution >= 4 is 28.9 Å². The van der Waals surface area contributed by atoms with E-state index >= 15 is 0 Å². The van der Waals surface area contributed by atoms with Crippen molar-refractivity contribution in [2.24, 2.45) is 0 Å². The first-order valence-electron chi connectivity index (χ1n) is 11.1. The van der Waals surface area contributed by atoms with Crippen molar-refractivity contribution in [2.75, 3.05) is 11.9 Å². The molecular weight excluding hydrogens is 446 g/mol. The maximum atomic E-state index is 12.6. The molecule has 1 atom stereocenters. The summed E-state index contributed by atoms with van der Waals surface area (Å²) in [5.74, 6) is -0.550. The number of fused-ring (bicyclic) bond motifs is 1. The van der Waals surface area contributed by atoms with E-state index in [1.54, 1.807) is 0 Å². The van der Waals surface area contributed by atoms with Gasteiger partial charge in [-0.05, 0) is 28.8 Å². The average molecular weight is 470 g/mol. The molecule has 0 radical (unpaired) electrons. The third-order valence-corrected chi connectivity index (χ3v) is 7.24. The van der Waals surface area contributed by atoms with Crippen LogP contribution < -0.4 is 10.1 Å². The van der Waals surface area contributed by atoms with Crippen molar-refractivity contribution in [2.45, 2.75) is 18.8 Å². The molecule has 6 heteroatoms. The molecule has 5 nitrogen and oxygen atoms in total. The standard InChI is InChI=1S/C28H23NO4S/c30-23-17-22(19-11-13-21(14-12-19)33-16-15-18-7-3-1-4-8-18)26-25(29-23)24(27(34-26)28(31)32)20-9-5-2-6-10-20/h1-14,22H,15-17H2,(H,29,30)(H,31,32)/t22-/m1/s1. The highest BCUT2D eigenvalue weighted by Crippen LogP contribution is 2.49. The van der Waals surface area contributed by atoms with Crippen LogP contribution in [0.4, 0.5) is 5.69 Å². The number of hydrogen-bond acceptors (Lipinski definition) is 4. The van der Waals surface area contributed by atoms with E-state index in [0.29, 0.717) is 17.9 Å². The summed E-state index contributed by atoms with van der Waals surface area (Å²) < 4.78 is 5.90. The second-order valence-corrected chi connectivity index (χ2v) is 9.23. The Morgan fingerprint density at radius 3 is 2.32 bits per heavy atom. The zero-order valence-corrected chi connectivity index (χ0v) is 19.2. The van der Waals surface area contributed by atoms with Crippen molar-refractivity contribution in [3.05, 3.63) is 106 Å². The number of aromatic carboxylic acids is 1. The average Bonchev–Trinajstić information content (AvgIpc) is 3.25. The van der Waals surface area contributed by atoms with E-state index in [9.17, 15) is 14.7 Å². The second-order valence-electron chi connectivity index (χ2n) is 8.17. The number of carboxylic acid groups (broad SMARTS) is 1. The van der Waals surface area contributed by atoms with Crippen LogP contribution in [0.2, 0.25) is 0 Å². The van der Waals surface area contributed by atoms with Crippen LogP contribution in [0, 0.1) is 0 Å². The fourth-order valence-electron chi connectivity index (χ4n) is 4.31. The SMILES string of the molecule is O=C1C[C@H](c2ccc(OCCc3ccccc3)cc2)c2sc(C(=O)O)c(-c3ccccc3)c2N1. The Labute approximate surface area is 201 Å². The molecule has 0 saturated carbocycles. The van der Waals surface area contributed by atoms with Crippen LogP contribution in [0.3, 0.4) is 0 Å². The quantitative estimate of drug-likeness (QED) is 0.337. The number of amides is 1. The van der Waals surface area contributed by atoms with Gasteiger partial charge in [-0.2, -0.15) is 0 Å². The molecule has 170 valence electrons. The number of rotatable bonds is 7. The normalized spacial score (nSPS) is 14.8. The molecule has 0 unspecified atom stereocenters. The van der Waals surface area contributed by atoms with Gasteiger partial charge in [0, 0.05) is 29.2 Å². The Morgan fingerprint density at radius 2 is 1.65 bits per heavy atom. The van der Waals surface area contributed by atoms with Crippen LogP contribution in [0.25, 0.3) is 11.1 Å². The van der Waals surface area contributed by atoms with Gasteiger partial charge in [-0.1, -0.05) is 72.8 Å². The molecular formula is C28H23NO4S. The minimum Gasteiger partial charge on any atom is -0.493 e. The molecule has 1 aromatic heterocycles. The summed E-state index contributed by atoms with van der Waals surface area (Å²) in [6.07, 6.45) is 1.10. The molecule has 0 spiro atoms. The Bertz CT molecular complexity index is 1310. The Hall–Kier alpha value is -3.90. The lowest BCUT2D eigenvalue weighted by Gasteiger charge is -2.24. The van der Waals surface area contributed by atoms with E-state index in [-0.39, 0.29) is 23.1 Å². The van der Waals surface area contributed by atoms with Crippen molar-refractivity contribution in [1.82, 2.24) is 0 Å². The van der Waals surface area contributed by atoms with Gasteiger partial charge in [-0.25, -0.2) is 4.79 Å². The second kappa shape index (κ2) is 9.53. The summed E-state index contributed by atoms with van der Waals surface area (Å²) in [5.41, 5.74) is 4.15. The number of carbonyl (C=O) groups is 2. The first-order valence-corrected chi connectivity index (χ1v) is 11.9. The number of thiophene rings is 1. The van der Waals surface area contributed by atoms with Crippen LogP contribution in [0.5, 0.6) is 5.75 Å². The predicted molar refractivity (Wildman–Crippen MR) is 134 cm³/mol. The number of carbonyl (C=O) groups excluding carboxylic acids is 1. The van der Waals surface area contributed by atoms with Crippen molar-refractivity contribution in [1.29, 1.82) is 0 Å². The van der Waals surface area contributed by atoms with Crippen molar-refractivity contribution in [3.63, 3.8) is 0 Å². The van der Waals surface area contributed by atoms with Gasteiger partial charge < -0.3 is 15.2 Å². The van der Waals surface area contributed by atoms with Gasteiger partial charge in [0.1, 0.15) is 10.6 Å². The lowest BCUT2D eigenvalue weighted by Crippen LogP contribution is -2.22. The number of anilines is 1. The number of benzene rings is 3. The Morgan fingerprint density at radius 1 is 0.971 bits per heavy atom. The van der Waals surface area contributed by atoms with E-state index in [1.807, 2.05) is 72.8 Å². The van der Waals surface area contributed by atoms with Gasteiger partial charge in [0.05, 0.1) is 12.3 Å². The van der Waals surface area contributed by atoms with Crippen LogP contribution >= 0.6 is 11.3 Å². The van der Waals surface area contributed by atoms with E-state index < -0.39 is 5.97 Å². The van der Waals surface area contributed by atoms with E-state index in [1.165, 1.54) is 16.9 Å². The Kier molecular flexibility index (Phi) is 6.14. The number of ether oxygens (including phenoxy) is 1. The first-order chi connectivity index (χ1) is 16.6. The van der Waals surface area contributed by atoms with Crippen LogP contribution in [-0.2, 0) is 11.2 Å². The molecule has 5 rings (SSSR count). The molecule has 1 aliphatic rings. The predicted octanol–water partition coefficient (Wildman–Crippen LogP) is 6.21. The van der Waals surface area contributed by atoms with Gasteiger partial charge in [-0.3, -0.25) is 4.79 Å². The van der Waals surface area contributed by atoms with E-state index in [0.717, 1.165) is 28.2 Å². The maximum Gasteiger partial charge on any atom is 0.346 e. The number of nitrogens with one attached hydrogen (secondary N) is 1. The number of hydrogen-bond donors (Lipinski definition) is 2. The number of carboxylic acids is 1. The fraction of sp³-hybridized carbons (Fsp3) is 0.143. The molecule has 2 N–H and O–H groups in total. The first kappa shape index (κ1) is 21.9. The van der Waals surface area contributed by atoms with Gasteiger partial charge >= 0.3 is 5.97 Å². The van der Waals surface area contributed by atoms with Crippen molar-refractivity contribution < 1.29 is 19.4 Å². The topological polar surface area (TPSA) is 75.6 Å². The van der Waals surface area contributed by atoms with Gasteiger partial charge in [0.25, 0.3) is 0 Å². The molecule has 0 fully saturated rings. The molecule has 0 bridgehead atoms. The minimum absolute atomic E-state index is 0.118. The third kappa shape index (κ3) is 4.45. The summed E-state index contributed by atoms with van der Waals surface area (Å²) in [6, 6.07) is 27.3. The molecule has 0 saturated heterocycles. The molecule has 1 amide bonds. The monoisotopic (exact) mass is 469 g/mol. The van der Waals surface area contributed by atoms with Crippen LogP contribution in [0.15, 0.2) is 84.9 Å². The van der Waals surface area contributed by atoms with Crippen molar-refractivity contribution in [3.8, 4) is 16.9 Å². The van der Waals surface area contributed by atoms with Gasteiger partial charge in [0.2, 0.25) is 5.91 Å². The Balaban J connectivity index is 1.41. The molecule has 4 aromatic rings. The summed E-state index contributed by atoms with van der Waals surface area (Å²) in [6.45, 7) is 0.576. The molecule has 1 aliphatic heterocycles. The summed E-state index contributed by atoms with van der Waals surface area (Å²) >= 11 is 1.24. The largest absolute Gasteiger partial charge is 0.493 e. The zero-order chi connectivity index (χ0) is 23.5. The third-order valence-electron chi connectivity index (χ3n) is 5.95. The fourth-order valence-corrected chi connectivity index (χ4v) is 5.56. The summed E-state index contributed by atoms with van der Waals surface area (Å²) in [5, 5.41) is 12.8. The summed E-state index contributed by atoms with van der Waals surface area (Å²) in [4.78, 5) is 25.8. The highest BCUT2D eigenvalue weighted by Gasteiger charge is 2.34. The zero-order valence-electron chi connectivity index (χ0n) is 18.4. The lowest BCUT2D eigenvalue weighted by atomic mass is 9.88. The molecule has 3 aromatic carbocycles. The maximum absolute atomic E-state index is 12.6. The van der Waals surface area contributed by atoms with Crippen LogP contribution in [0.1, 0.15) is 38.0 Å². The van der Waals surface area contributed by atoms with Crippen LogP contribution in [-0.4, -0.2) is 23.6 Å². The minimum atomic E-state index is -0.992. The highest BCUT2D eigenvalue weighted by atomic mass is 32.1. The smallest absolute Gasteiger partial charge is 0.346 e. The van der Waals surface area contributed by atoms with Gasteiger partial charge in [0.15, 0.2) is 0 Å². The lowest BCUT2D eigenvalue weighted by molar-refractivity contribution is -0.116. The molecule has 0 aliphatic carbocycles. The highest BCUT2D eigenvalue weighted by molar-refractivity contribution is 7.15. The summed E-state index contributed by atoms with van der Waals surface area (Å²) in [7, 11) is 0.